The minimum atomic E-state index is 0. The summed E-state index contributed by atoms with van der Waals surface area (Å²) in [6.45, 7) is 8.24. The molecule has 2 heteroatoms. The summed E-state index contributed by atoms with van der Waals surface area (Å²) in [5.74, 6) is 0. The average molecular weight is 353 g/mol. The van der Waals surface area contributed by atoms with Gasteiger partial charge in [-0.15, -0.1) is 0 Å². The smallest absolute Gasteiger partial charge is 0.0343 e. The fourth-order valence-electron chi connectivity index (χ4n) is 1.96. The minimum absolute atomic E-state index is 0. The molecule has 142 valence electrons. The number of hydrogen-bond acceptors (Lipinski definition) is 2. The maximum Gasteiger partial charge on any atom is 0.0343 e. The summed E-state index contributed by atoms with van der Waals surface area (Å²) in [7, 11) is 0. The van der Waals surface area contributed by atoms with E-state index in [9.17, 15) is 0 Å². The van der Waals surface area contributed by atoms with Crippen LogP contribution in [0.15, 0.2) is 72.8 Å². The lowest BCUT2D eigenvalue weighted by Gasteiger charge is -1.93. The Morgan fingerprint density at radius 2 is 1.04 bits per heavy atom. The van der Waals surface area contributed by atoms with Gasteiger partial charge in [0.2, 0.25) is 0 Å². The molecule has 4 N–H and O–H groups in total. The molecule has 0 bridgehead atoms. The minimum Gasteiger partial charge on any atom is -0.399 e. The van der Waals surface area contributed by atoms with Gasteiger partial charge in [0.1, 0.15) is 0 Å². The predicted molar refractivity (Wildman–Crippen MR) is 121 cm³/mol. The lowest BCUT2D eigenvalue weighted by Crippen LogP contribution is -1.85. The molecule has 0 fully saturated rings. The zero-order valence-electron chi connectivity index (χ0n) is 15.1. The molecule has 0 amide bonds. The zero-order valence-corrected chi connectivity index (χ0v) is 15.1. The SMILES string of the molecule is C.C.Cc1ccc(N)cc1.Cc1cccc(C)c1.Cc1ccccc1N. The number of nitrogen functional groups attached to an aromatic ring is 2. The number of aryl methyl sites for hydroxylation is 4. The molecule has 0 spiro atoms. The molecule has 0 saturated carbocycles. The second kappa shape index (κ2) is 13.5. The van der Waals surface area contributed by atoms with Crippen molar-refractivity contribution in [3.8, 4) is 0 Å². The fourth-order valence-corrected chi connectivity index (χ4v) is 1.96. The Morgan fingerprint density at radius 1 is 0.538 bits per heavy atom. The Hall–Kier alpha value is -2.74. The quantitative estimate of drug-likeness (QED) is 0.441. The molecule has 2 nitrogen and oxygen atoms in total. The van der Waals surface area contributed by atoms with Gasteiger partial charge in [0.05, 0.1) is 0 Å². The molecule has 0 aromatic heterocycles. The van der Waals surface area contributed by atoms with Gasteiger partial charge in [0.15, 0.2) is 0 Å². The normalized spacial score (nSPS) is 8.46. The van der Waals surface area contributed by atoms with Crippen LogP contribution in [0.3, 0.4) is 0 Å². The number of para-hydroxylation sites is 1. The highest BCUT2D eigenvalue weighted by molar-refractivity contribution is 5.45. The molecule has 3 aromatic rings. The molecule has 0 atom stereocenters. The molecular formula is C24H36N2. The maximum absolute atomic E-state index is 5.52. The van der Waals surface area contributed by atoms with Gasteiger partial charge in [-0.25, -0.2) is 0 Å². The molecule has 0 radical (unpaired) electrons. The third-order valence-corrected chi connectivity index (χ3v) is 3.44. The van der Waals surface area contributed by atoms with Gasteiger partial charge in [-0.1, -0.05) is 86.1 Å². The summed E-state index contributed by atoms with van der Waals surface area (Å²) in [6, 6.07) is 24.0. The molecule has 0 heterocycles. The molecule has 0 unspecified atom stereocenters. The maximum atomic E-state index is 5.52. The second-order valence-corrected chi connectivity index (χ2v) is 5.93. The lowest BCUT2D eigenvalue weighted by molar-refractivity contribution is 1.39. The summed E-state index contributed by atoms with van der Waals surface area (Å²) < 4.78 is 0. The van der Waals surface area contributed by atoms with E-state index < -0.39 is 0 Å². The average Bonchev–Trinajstić information content (AvgIpc) is 2.54. The van der Waals surface area contributed by atoms with Crippen molar-refractivity contribution in [3.63, 3.8) is 0 Å². The molecule has 0 saturated heterocycles. The third-order valence-electron chi connectivity index (χ3n) is 3.44. The molecular weight excluding hydrogens is 316 g/mol. The molecule has 3 aromatic carbocycles. The highest BCUT2D eigenvalue weighted by atomic mass is 14.5. The highest BCUT2D eigenvalue weighted by Crippen LogP contribution is 2.06. The Morgan fingerprint density at radius 3 is 1.35 bits per heavy atom. The van der Waals surface area contributed by atoms with Crippen LogP contribution >= 0.6 is 0 Å². The van der Waals surface area contributed by atoms with Crippen LogP contribution in [0, 0.1) is 27.7 Å². The van der Waals surface area contributed by atoms with Gasteiger partial charge < -0.3 is 11.5 Å². The Labute approximate surface area is 160 Å². The molecule has 0 aliphatic heterocycles. The van der Waals surface area contributed by atoms with E-state index in [1.807, 2.05) is 62.4 Å². The third kappa shape index (κ3) is 10.9. The van der Waals surface area contributed by atoms with E-state index in [1.54, 1.807) is 0 Å². The molecule has 3 rings (SSSR count). The van der Waals surface area contributed by atoms with Crippen molar-refractivity contribution < 1.29 is 0 Å². The van der Waals surface area contributed by atoms with Crippen LogP contribution in [-0.4, -0.2) is 0 Å². The van der Waals surface area contributed by atoms with Gasteiger partial charge in [0.25, 0.3) is 0 Å². The number of hydrogen-bond donors (Lipinski definition) is 2. The van der Waals surface area contributed by atoms with Crippen molar-refractivity contribution in [1.82, 2.24) is 0 Å². The number of nitrogens with two attached hydrogens (primary N) is 2. The summed E-state index contributed by atoms with van der Waals surface area (Å²) >= 11 is 0. The number of rotatable bonds is 0. The van der Waals surface area contributed by atoms with Crippen molar-refractivity contribution >= 4 is 11.4 Å². The molecule has 0 aliphatic carbocycles. The van der Waals surface area contributed by atoms with E-state index in [2.05, 4.69) is 38.1 Å². The molecule has 26 heavy (non-hydrogen) atoms. The predicted octanol–water partition coefficient (Wildman–Crippen LogP) is 6.73. The lowest BCUT2D eigenvalue weighted by atomic mass is 10.2. The second-order valence-electron chi connectivity index (χ2n) is 5.93. The van der Waals surface area contributed by atoms with Gasteiger partial charge in [0, 0.05) is 11.4 Å². The van der Waals surface area contributed by atoms with Gasteiger partial charge in [-0.05, 0) is 51.5 Å². The van der Waals surface area contributed by atoms with Crippen LogP contribution in [-0.2, 0) is 0 Å². The Balaban J connectivity index is 0. The van der Waals surface area contributed by atoms with Crippen LogP contribution in [0.25, 0.3) is 0 Å². The van der Waals surface area contributed by atoms with Crippen molar-refractivity contribution in [1.29, 1.82) is 0 Å². The van der Waals surface area contributed by atoms with Crippen LogP contribution in [0.2, 0.25) is 0 Å². The molecule has 0 aliphatic rings. The van der Waals surface area contributed by atoms with E-state index in [-0.39, 0.29) is 14.9 Å². The van der Waals surface area contributed by atoms with Crippen molar-refractivity contribution in [2.75, 3.05) is 11.5 Å². The zero-order chi connectivity index (χ0) is 17.9. The van der Waals surface area contributed by atoms with Gasteiger partial charge in [-0.3, -0.25) is 0 Å². The van der Waals surface area contributed by atoms with Crippen LogP contribution in [0.5, 0.6) is 0 Å². The van der Waals surface area contributed by atoms with Crippen molar-refractivity contribution in [2.24, 2.45) is 0 Å². The first-order chi connectivity index (χ1) is 11.4. The summed E-state index contributed by atoms with van der Waals surface area (Å²) in [6.07, 6.45) is 0. The van der Waals surface area contributed by atoms with Gasteiger partial charge in [-0.2, -0.15) is 0 Å². The van der Waals surface area contributed by atoms with Gasteiger partial charge >= 0.3 is 0 Å². The van der Waals surface area contributed by atoms with E-state index >= 15 is 0 Å². The first-order valence-corrected chi connectivity index (χ1v) is 8.05. The topological polar surface area (TPSA) is 52.0 Å². The first kappa shape index (κ1) is 25.5. The standard InChI is InChI=1S/C8H10.2C7H9N.2CH4/c1-7-4-3-5-8(2)6-7;1-6-2-4-7(8)5-3-6;1-6-4-2-3-5-7(6)8;;/h3-6H,1-2H3;2*2-5H,8H2,1H3;2*1H4. The summed E-state index contributed by atoms with van der Waals surface area (Å²) in [4.78, 5) is 0. The summed E-state index contributed by atoms with van der Waals surface area (Å²) in [5.41, 5.74) is 17.7. The monoisotopic (exact) mass is 352 g/mol. The number of benzene rings is 3. The van der Waals surface area contributed by atoms with E-state index in [0.29, 0.717) is 0 Å². The van der Waals surface area contributed by atoms with Crippen LogP contribution in [0.4, 0.5) is 11.4 Å². The summed E-state index contributed by atoms with van der Waals surface area (Å²) in [5, 5.41) is 0. The Bertz CT molecular complexity index is 672. The van der Waals surface area contributed by atoms with E-state index in [0.717, 1.165) is 16.9 Å². The van der Waals surface area contributed by atoms with Crippen LogP contribution < -0.4 is 11.5 Å². The number of anilines is 2. The highest BCUT2D eigenvalue weighted by Gasteiger charge is 1.84. The first-order valence-electron chi connectivity index (χ1n) is 8.05. The Kier molecular flexibility index (Phi) is 13.3. The van der Waals surface area contributed by atoms with E-state index in [1.165, 1.54) is 16.7 Å². The van der Waals surface area contributed by atoms with Crippen molar-refractivity contribution in [2.45, 2.75) is 42.5 Å². The van der Waals surface area contributed by atoms with Crippen molar-refractivity contribution in [3.05, 3.63) is 95.1 Å². The van der Waals surface area contributed by atoms with Crippen LogP contribution in [0.1, 0.15) is 37.1 Å². The largest absolute Gasteiger partial charge is 0.399 e. The van der Waals surface area contributed by atoms with E-state index in [4.69, 9.17) is 11.5 Å². The fraction of sp³-hybridized carbons (Fsp3) is 0.250.